The van der Waals surface area contributed by atoms with Crippen LogP contribution in [0.2, 0.25) is 5.02 Å². The molecule has 0 saturated carbocycles. The molecule has 0 aliphatic heterocycles. The quantitative estimate of drug-likeness (QED) is 0.830. The summed E-state index contributed by atoms with van der Waals surface area (Å²) >= 11 is 10.6. The average Bonchev–Trinajstić information content (AvgIpc) is 2.49. The molecule has 1 amide bonds. The summed E-state index contributed by atoms with van der Waals surface area (Å²) in [6, 6.07) is 10.8. The topological polar surface area (TPSA) is 68.0 Å². The Kier molecular flexibility index (Phi) is 5.25. The van der Waals surface area contributed by atoms with Gasteiger partial charge >= 0.3 is 0 Å². The second-order valence-electron chi connectivity index (χ2n) is 4.43. The SMILES string of the molecule is NC(=S)c1ccc(C(=O)NCCc2ccc(Cl)cc2)nc1. The van der Waals surface area contributed by atoms with Crippen LogP contribution in [0.3, 0.4) is 0 Å². The highest BCUT2D eigenvalue weighted by molar-refractivity contribution is 7.80. The fraction of sp³-hybridized carbons (Fsp3) is 0.133. The number of benzene rings is 1. The smallest absolute Gasteiger partial charge is 0.269 e. The van der Waals surface area contributed by atoms with Crippen LogP contribution in [0.4, 0.5) is 0 Å². The molecule has 21 heavy (non-hydrogen) atoms. The molecule has 108 valence electrons. The summed E-state index contributed by atoms with van der Waals surface area (Å²) in [6.07, 6.45) is 2.23. The number of halogens is 1. The number of nitrogens with one attached hydrogen (secondary N) is 1. The minimum Gasteiger partial charge on any atom is -0.389 e. The van der Waals surface area contributed by atoms with Gasteiger partial charge in [-0.1, -0.05) is 36.0 Å². The first kappa shape index (κ1) is 15.4. The van der Waals surface area contributed by atoms with Crippen LogP contribution in [0.1, 0.15) is 21.6 Å². The number of hydrogen-bond acceptors (Lipinski definition) is 3. The van der Waals surface area contributed by atoms with E-state index in [1.54, 1.807) is 12.1 Å². The summed E-state index contributed by atoms with van der Waals surface area (Å²) in [6.45, 7) is 0.527. The van der Waals surface area contributed by atoms with Gasteiger partial charge in [0, 0.05) is 23.3 Å². The number of nitrogens with zero attached hydrogens (tertiary/aromatic N) is 1. The number of thiocarbonyl (C=S) groups is 1. The van der Waals surface area contributed by atoms with E-state index in [1.165, 1.54) is 6.20 Å². The van der Waals surface area contributed by atoms with Crippen LogP contribution in [0.25, 0.3) is 0 Å². The van der Waals surface area contributed by atoms with Crippen molar-refractivity contribution in [2.75, 3.05) is 6.54 Å². The fourth-order valence-corrected chi connectivity index (χ4v) is 1.98. The molecule has 0 unspecified atom stereocenters. The monoisotopic (exact) mass is 319 g/mol. The van der Waals surface area contributed by atoms with Gasteiger partial charge in [0.1, 0.15) is 10.7 Å². The molecule has 0 aliphatic carbocycles. The zero-order valence-corrected chi connectivity index (χ0v) is 12.7. The number of rotatable bonds is 5. The van der Waals surface area contributed by atoms with Gasteiger partial charge in [0.05, 0.1) is 0 Å². The second-order valence-corrected chi connectivity index (χ2v) is 5.30. The molecule has 2 aromatic rings. The van der Waals surface area contributed by atoms with E-state index in [4.69, 9.17) is 29.6 Å². The van der Waals surface area contributed by atoms with Gasteiger partial charge in [-0.2, -0.15) is 0 Å². The molecule has 0 atom stereocenters. The Morgan fingerprint density at radius 3 is 2.52 bits per heavy atom. The molecule has 2 rings (SSSR count). The Labute approximate surface area is 133 Å². The van der Waals surface area contributed by atoms with Gasteiger partial charge in [0.2, 0.25) is 0 Å². The number of pyridine rings is 1. The third-order valence-corrected chi connectivity index (χ3v) is 3.38. The summed E-state index contributed by atoms with van der Waals surface area (Å²) < 4.78 is 0. The lowest BCUT2D eigenvalue weighted by molar-refractivity contribution is 0.0949. The van der Waals surface area contributed by atoms with Crippen molar-refractivity contribution in [2.45, 2.75) is 6.42 Å². The van der Waals surface area contributed by atoms with Crippen molar-refractivity contribution in [1.29, 1.82) is 0 Å². The molecule has 1 heterocycles. The average molecular weight is 320 g/mol. The second kappa shape index (κ2) is 7.15. The van der Waals surface area contributed by atoms with Crippen LogP contribution in [-0.2, 0) is 6.42 Å². The number of nitrogens with two attached hydrogens (primary N) is 1. The van der Waals surface area contributed by atoms with E-state index in [0.717, 1.165) is 12.0 Å². The van der Waals surface area contributed by atoms with E-state index >= 15 is 0 Å². The van der Waals surface area contributed by atoms with E-state index in [9.17, 15) is 4.79 Å². The van der Waals surface area contributed by atoms with Crippen LogP contribution < -0.4 is 11.1 Å². The van der Waals surface area contributed by atoms with Gasteiger partial charge in [-0.05, 0) is 36.2 Å². The van der Waals surface area contributed by atoms with E-state index in [0.29, 0.717) is 22.8 Å². The van der Waals surface area contributed by atoms with Crippen molar-refractivity contribution in [3.8, 4) is 0 Å². The highest BCUT2D eigenvalue weighted by Gasteiger charge is 2.07. The summed E-state index contributed by atoms with van der Waals surface area (Å²) in [7, 11) is 0. The molecule has 0 fully saturated rings. The summed E-state index contributed by atoms with van der Waals surface area (Å²) in [4.78, 5) is 16.2. The Morgan fingerprint density at radius 1 is 1.24 bits per heavy atom. The van der Waals surface area contributed by atoms with Gasteiger partial charge in [0.25, 0.3) is 5.91 Å². The molecule has 0 bridgehead atoms. The molecule has 0 aliphatic rings. The third-order valence-electron chi connectivity index (χ3n) is 2.89. The van der Waals surface area contributed by atoms with Crippen LogP contribution in [-0.4, -0.2) is 22.4 Å². The number of carbonyl (C=O) groups is 1. The van der Waals surface area contributed by atoms with Crippen molar-refractivity contribution in [3.05, 3.63) is 64.4 Å². The normalized spacial score (nSPS) is 10.1. The Hall–Kier alpha value is -1.98. The molecule has 6 heteroatoms. The maximum absolute atomic E-state index is 11.9. The molecule has 4 nitrogen and oxygen atoms in total. The lowest BCUT2D eigenvalue weighted by Crippen LogP contribution is -2.26. The standard InChI is InChI=1S/C15H14ClN3OS/c16-12-4-1-10(2-5-12)7-8-18-15(20)13-6-3-11(9-19-13)14(17)21/h1-6,9H,7-8H2,(H2,17,21)(H,18,20). The number of hydrogen-bond donors (Lipinski definition) is 2. The van der Waals surface area contributed by atoms with Crippen molar-refractivity contribution in [1.82, 2.24) is 10.3 Å². The van der Waals surface area contributed by atoms with Crippen molar-refractivity contribution in [3.63, 3.8) is 0 Å². The largest absolute Gasteiger partial charge is 0.389 e. The first-order valence-electron chi connectivity index (χ1n) is 6.35. The molecule has 1 aromatic carbocycles. The van der Waals surface area contributed by atoms with Crippen molar-refractivity contribution in [2.24, 2.45) is 5.73 Å². The number of amides is 1. The van der Waals surface area contributed by atoms with Gasteiger partial charge < -0.3 is 11.1 Å². The van der Waals surface area contributed by atoms with E-state index in [-0.39, 0.29) is 10.9 Å². The molecular formula is C15H14ClN3OS. The highest BCUT2D eigenvalue weighted by Crippen LogP contribution is 2.09. The maximum Gasteiger partial charge on any atom is 0.269 e. The van der Waals surface area contributed by atoms with Crippen LogP contribution in [0.15, 0.2) is 42.6 Å². The Balaban J connectivity index is 1.86. The van der Waals surface area contributed by atoms with E-state index < -0.39 is 0 Å². The zero-order valence-electron chi connectivity index (χ0n) is 11.2. The van der Waals surface area contributed by atoms with Crippen LogP contribution in [0, 0.1) is 0 Å². The van der Waals surface area contributed by atoms with Crippen molar-refractivity contribution >= 4 is 34.7 Å². The number of aromatic nitrogens is 1. The van der Waals surface area contributed by atoms with Gasteiger partial charge in [-0.15, -0.1) is 0 Å². The number of carbonyl (C=O) groups excluding carboxylic acids is 1. The summed E-state index contributed by atoms with van der Waals surface area (Å²) in [5.74, 6) is -0.224. The Bertz CT molecular complexity index is 641. The first-order chi connectivity index (χ1) is 10.1. The third kappa shape index (κ3) is 4.51. The summed E-state index contributed by atoms with van der Waals surface area (Å²) in [5, 5.41) is 3.51. The Morgan fingerprint density at radius 2 is 1.95 bits per heavy atom. The van der Waals surface area contributed by atoms with Gasteiger partial charge in [0.15, 0.2) is 0 Å². The van der Waals surface area contributed by atoms with Crippen molar-refractivity contribution < 1.29 is 4.79 Å². The van der Waals surface area contributed by atoms with E-state index in [2.05, 4.69) is 10.3 Å². The van der Waals surface area contributed by atoms with Crippen LogP contribution >= 0.6 is 23.8 Å². The van der Waals surface area contributed by atoms with Crippen LogP contribution in [0.5, 0.6) is 0 Å². The lowest BCUT2D eigenvalue weighted by Gasteiger charge is -2.05. The first-order valence-corrected chi connectivity index (χ1v) is 7.13. The molecule has 0 radical (unpaired) electrons. The van der Waals surface area contributed by atoms with E-state index in [1.807, 2.05) is 24.3 Å². The van der Waals surface area contributed by atoms with Gasteiger partial charge in [-0.25, -0.2) is 0 Å². The zero-order chi connectivity index (χ0) is 15.2. The predicted molar refractivity (Wildman–Crippen MR) is 87.6 cm³/mol. The molecule has 0 saturated heterocycles. The summed E-state index contributed by atoms with van der Waals surface area (Å²) in [5.41, 5.74) is 7.56. The highest BCUT2D eigenvalue weighted by atomic mass is 35.5. The maximum atomic E-state index is 11.9. The molecule has 0 spiro atoms. The minimum absolute atomic E-state index is 0.224. The lowest BCUT2D eigenvalue weighted by atomic mass is 10.1. The fourth-order valence-electron chi connectivity index (χ4n) is 1.74. The molecule has 1 aromatic heterocycles. The van der Waals surface area contributed by atoms with Gasteiger partial charge in [-0.3, -0.25) is 9.78 Å². The predicted octanol–water partition coefficient (Wildman–Crippen LogP) is 2.34. The molecule has 3 N–H and O–H groups in total. The molecular weight excluding hydrogens is 306 g/mol. The minimum atomic E-state index is -0.224.